The molecule has 1 aliphatic heterocycles. The van der Waals surface area contributed by atoms with Crippen LogP contribution >= 0.6 is 11.8 Å². The van der Waals surface area contributed by atoms with E-state index in [1.165, 1.54) is 56.5 Å². The van der Waals surface area contributed by atoms with Gasteiger partial charge in [0.05, 0.1) is 18.8 Å². The maximum absolute atomic E-state index is 10.1. The van der Waals surface area contributed by atoms with Crippen LogP contribution in [0.25, 0.3) is 0 Å². The summed E-state index contributed by atoms with van der Waals surface area (Å²) in [4.78, 5) is 0. The largest absolute Gasteiger partial charge is 0.389 e. The summed E-state index contributed by atoms with van der Waals surface area (Å²) < 4.78 is 5.99. The predicted molar refractivity (Wildman–Crippen MR) is 86.3 cm³/mol. The maximum Gasteiger partial charge on any atom is 0.0897 e. The third kappa shape index (κ3) is 5.55. The Morgan fingerprint density at radius 3 is 2.70 bits per heavy atom. The highest BCUT2D eigenvalue weighted by molar-refractivity contribution is 7.99. The first-order chi connectivity index (χ1) is 9.79. The Hall–Kier alpha value is 0.230. The summed E-state index contributed by atoms with van der Waals surface area (Å²) >= 11 is 2.04. The van der Waals surface area contributed by atoms with Crippen molar-refractivity contribution in [3.63, 3.8) is 0 Å². The van der Waals surface area contributed by atoms with Crippen LogP contribution in [0.1, 0.15) is 51.9 Å². The lowest BCUT2D eigenvalue weighted by atomic mass is 9.85. The molecule has 1 saturated carbocycles. The molecule has 0 aromatic carbocycles. The Balaban J connectivity index is 1.59. The molecule has 1 heterocycles. The Morgan fingerprint density at radius 1 is 1.20 bits per heavy atom. The third-order valence-electron chi connectivity index (χ3n) is 4.73. The monoisotopic (exact) mass is 301 g/mol. The first kappa shape index (κ1) is 16.6. The molecule has 0 amide bonds. The summed E-state index contributed by atoms with van der Waals surface area (Å²) in [5.74, 6) is 3.22. The molecule has 2 N–H and O–H groups in total. The van der Waals surface area contributed by atoms with Crippen molar-refractivity contribution < 1.29 is 9.84 Å². The van der Waals surface area contributed by atoms with Crippen molar-refractivity contribution in [1.82, 2.24) is 5.32 Å². The molecule has 2 fully saturated rings. The number of aliphatic hydroxyl groups excluding tert-OH is 1. The third-order valence-corrected chi connectivity index (χ3v) is 5.78. The Morgan fingerprint density at radius 2 is 1.95 bits per heavy atom. The lowest BCUT2D eigenvalue weighted by Crippen LogP contribution is -2.40. The minimum atomic E-state index is -0.357. The quantitative estimate of drug-likeness (QED) is 0.759. The van der Waals surface area contributed by atoms with E-state index in [9.17, 15) is 5.11 Å². The summed E-state index contributed by atoms with van der Waals surface area (Å²) in [5.41, 5.74) is 0. The molecule has 118 valence electrons. The Bertz CT molecular complexity index is 259. The summed E-state index contributed by atoms with van der Waals surface area (Å²) in [6, 6.07) is 0.601. The SMILES string of the molecule is CCC1CCCCC1OCC(O)CNC1CCSCC1. The van der Waals surface area contributed by atoms with Crippen LogP contribution in [0, 0.1) is 5.92 Å². The summed E-state index contributed by atoms with van der Waals surface area (Å²) in [7, 11) is 0. The van der Waals surface area contributed by atoms with Crippen molar-refractivity contribution in [2.75, 3.05) is 24.7 Å². The fourth-order valence-corrected chi connectivity index (χ4v) is 4.46. The molecule has 1 saturated heterocycles. The maximum atomic E-state index is 10.1. The van der Waals surface area contributed by atoms with Crippen molar-refractivity contribution in [1.29, 1.82) is 0 Å². The highest BCUT2D eigenvalue weighted by Gasteiger charge is 2.25. The van der Waals surface area contributed by atoms with Gasteiger partial charge in [0.1, 0.15) is 0 Å². The van der Waals surface area contributed by atoms with Crippen molar-refractivity contribution in [2.45, 2.75) is 70.1 Å². The molecule has 20 heavy (non-hydrogen) atoms. The van der Waals surface area contributed by atoms with Crippen LogP contribution in [0.2, 0.25) is 0 Å². The number of hydrogen-bond donors (Lipinski definition) is 2. The molecule has 2 aliphatic rings. The van der Waals surface area contributed by atoms with Crippen LogP contribution in [0.4, 0.5) is 0 Å². The molecular formula is C16H31NO2S. The van der Waals surface area contributed by atoms with E-state index in [2.05, 4.69) is 12.2 Å². The van der Waals surface area contributed by atoms with Crippen LogP contribution in [0.3, 0.4) is 0 Å². The lowest BCUT2D eigenvalue weighted by Gasteiger charge is -2.31. The van der Waals surface area contributed by atoms with Crippen molar-refractivity contribution in [3.05, 3.63) is 0 Å². The average molecular weight is 301 g/mol. The molecule has 0 aromatic heterocycles. The van der Waals surface area contributed by atoms with Crippen LogP contribution in [-0.2, 0) is 4.74 Å². The number of rotatable bonds is 7. The van der Waals surface area contributed by atoms with Crippen molar-refractivity contribution in [2.24, 2.45) is 5.92 Å². The molecule has 3 nitrogen and oxygen atoms in total. The first-order valence-electron chi connectivity index (χ1n) is 8.40. The summed E-state index contributed by atoms with van der Waals surface area (Å²) in [6.45, 7) is 3.43. The summed E-state index contributed by atoms with van der Waals surface area (Å²) in [6.07, 6.45) is 8.82. The number of ether oxygens (including phenoxy) is 1. The van der Waals surface area contributed by atoms with Crippen LogP contribution in [0.15, 0.2) is 0 Å². The molecule has 4 heteroatoms. The Kier molecular flexibility index (Phi) is 7.71. The van der Waals surface area contributed by atoms with E-state index in [1.54, 1.807) is 0 Å². The van der Waals surface area contributed by atoms with Crippen LogP contribution < -0.4 is 5.32 Å². The zero-order chi connectivity index (χ0) is 14.2. The minimum Gasteiger partial charge on any atom is -0.389 e. The van der Waals surface area contributed by atoms with Crippen LogP contribution in [-0.4, -0.2) is 48.0 Å². The van der Waals surface area contributed by atoms with Gasteiger partial charge in [0.2, 0.25) is 0 Å². The van der Waals surface area contributed by atoms with E-state index < -0.39 is 0 Å². The topological polar surface area (TPSA) is 41.5 Å². The minimum absolute atomic E-state index is 0.357. The molecule has 1 aliphatic carbocycles. The van der Waals surface area contributed by atoms with Gasteiger partial charge in [-0.25, -0.2) is 0 Å². The Labute approximate surface area is 128 Å². The zero-order valence-corrected chi connectivity index (χ0v) is 13.7. The van der Waals surface area contributed by atoms with Gasteiger partial charge in [-0.2, -0.15) is 11.8 Å². The van der Waals surface area contributed by atoms with E-state index >= 15 is 0 Å². The highest BCUT2D eigenvalue weighted by atomic mass is 32.2. The number of aliphatic hydroxyl groups is 1. The second-order valence-corrected chi connectivity index (χ2v) is 7.50. The van der Waals surface area contributed by atoms with E-state index in [-0.39, 0.29) is 6.10 Å². The van der Waals surface area contributed by atoms with Gasteiger partial charge in [0.15, 0.2) is 0 Å². The first-order valence-corrected chi connectivity index (χ1v) is 9.56. The average Bonchev–Trinajstić information content (AvgIpc) is 2.52. The molecular weight excluding hydrogens is 270 g/mol. The fourth-order valence-electron chi connectivity index (χ4n) is 3.36. The molecule has 3 unspecified atom stereocenters. The lowest BCUT2D eigenvalue weighted by molar-refractivity contribution is -0.0503. The smallest absolute Gasteiger partial charge is 0.0897 e. The number of thioether (sulfide) groups is 1. The van der Waals surface area contributed by atoms with Gasteiger partial charge in [-0.1, -0.05) is 26.2 Å². The van der Waals surface area contributed by atoms with Gasteiger partial charge < -0.3 is 15.2 Å². The molecule has 0 radical (unpaired) electrons. The van der Waals surface area contributed by atoms with E-state index in [0.717, 1.165) is 0 Å². The molecule has 0 spiro atoms. The molecule has 0 bridgehead atoms. The zero-order valence-electron chi connectivity index (χ0n) is 12.9. The van der Waals surface area contributed by atoms with Gasteiger partial charge in [-0.15, -0.1) is 0 Å². The summed E-state index contributed by atoms with van der Waals surface area (Å²) in [5, 5.41) is 13.6. The van der Waals surface area contributed by atoms with Crippen molar-refractivity contribution in [3.8, 4) is 0 Å². The second kappa shape index (κ2) is 9.29. The highest BCUT2D eigenvalue weighted by Crippen LogP contribution is 2.29. The van der Waals surface area contributed by atoms with E-state index in [1.807, 2.05) is 11.8 Å². The number of nitrogens with one attached hydrogen (secondary N) is 1. The van der Waals surface area contributed by atoms with Gasteiger partial charge in [0, 0.05) is 12.6 Å². The molecule has 3 atom stereocenters. The van der Waals surface area contributed by atoms with E-state index in [4.69, 9.17) is 4.74 Å². The van der Waals surface area contributed by atoms with Crippen LogP contribution in [0.5, 0.6) is 0 Å². The van der Waals surface area contributed by atoms with Gasteiger partial charge in [0.25, 0.3) is 0 Å². The standard InChI is InChI=1S/C16H31NO2S/c1-2-13-5-3-4-6-16(13)19-12-15(18)11-17-14-7-9-20-10-8-14/h13-18H,2-12H2,1H3. The number of hydrogen-bond acceptors (Lipinski definition) is 4. The van der Waals surface area contributed by atoms with Gasteiger partial charge >= 0.3 is 0 Å². The molecule has 2 rings (SSSR count). The van der Waals surface area contributed by atoms with E-state index in [0.29, 0.717) is 31.2 Å². The van der Waals surface area contributed by atoms with Crippen molar-refractivity contribution >= 4 is 11.8 Å². The molecule has 0 aromatic rings. The normalized spacial score (nSPS) is 30.3. The predicted octanol–water partition coefficient (Wildman–Crippen LogP) is 2.82. The fraction of sp³-hybridized carbons (Fsp3) is 1.00. The van der Waals surface area contributed by atoms with Gasteiger partial charge in [-0.05, 0) is 43.1 Å². The second-order valence-electron chi connectivity index (χ2n) is 6.27. The van der Waals surface area contributed by atoms with Gasteiger partial charge in [-0.3, -0.25) is 0 Å².